The zero-order chi connectivity index (χ0) is 17.4. The second kappa shape index (κ2) is 6.15. The van der Waals surface area contributed by atoms with Crippen molar-refractivity contribution < 1.29 is 14.7 Å². The van der Waals surface area contributed by atoms with Gasteiger partial charge in [0.1, 0.15) is 6.04 Å². The Hall–Kier alpha value is -2.56. The normalized spacial score (nSPS) is 17.3. The predicted octanol–water partition coefficient (Wildman–Crippen LogP) is 3.09. The van der Waals surface area contributed by atoms with Crippen molar-refractivity contribution in [3.8, 4) is 5.69 Å². The van der Waals surface area contributed by atoms with Crippen LogP contribution in [0.2, 0.25) is 0 Å². The topological polar surface area (TPSA) is 62.5 Å². The Morgan fingerprint density at radius 1 is 1.17 bits per heavy atom. The lowest BCUT2D eigenvalue weighted by molar-refractivity contribution is -0.141. The van der Waals surface area contributed by atoms with Gasteiger partial charge >= 0.3 is 5.97 Å². The van der Waals surface area contributed by atoms with Crippen LogP contribution in [-0.2, 0) is 4.79 Å². The molecular weight excluding hydrogens is 304 g/mol. The second-order valence-electron chi connectivity index (χ2n) is 6.40. The first kappa shape index (κ1) is 16.3. The highest BCUT2D eigenvalue weighted by atomic mass is 16.4. The number of rotatable bonds is 3. The maximum absolute atomic E-state index is 12.9. The zero-order valence-corrected chi connectivity index (χ0v) is 14.2. The van der Waals surface area contributed by atoms with E-state index in [9.17, 15) is 14.7 Å². The smallest absolute Gasteiger partial charge is 0.326 e. The SMILES string of the molecule is Cc1ccccc1-n1c(C)cc(C(=O)N2CCC[C@H]2C(=O)O)c1C. The molecule has 0 radical (unpaired) electrons. The molecule has 0 saturated carbocycles. The first-order valence-corrected chi connectivity index (χ1v) is 8.20. The van der Waals surface area contributed by atoms with E-state index in [1.807, 2.05) is 51.1 Å². The fraction of sp³-hybridized carbons (Fsp3) is 0.368. The quantitative estimate of drug-likeness (QED) is 0.943. The van der Waals surface area contributed by atoms with Gasteiger partial charge in [-0.3, -0.25) is 4.79 Å². The molecule has 1 aromatic carbocycles. The van der Waals surface area contributed by atoms with Gasteiger partial charge < -0.3 is 14.6 Å². The standard InChI is InChI=1S/C19H22N2O3/c1-12-7-4-5-8-16(12)21-13(2)11-15(14(21)3)18(22)20-10-6-9-17(20)19(23)24/h4-5,7-8,11,17H,6,9-10H2,1-3H3,(H,23,24)/t17-/m0/s1. The molecule has 126 valence electrons. The Morgan fingerprint density at radius 3 is 2.54 bits per heavy atom. The Bertz CT molecular complexity index is 807. The molecule has 0 spiro atoms. The van der Waals surface area contributed by atoms with Gasteiger partial charge in [0.05, 0.1) is 5.56 Å². The molecular formula is C19H22N2O3. The van der Waals surface area contributed by atoms with Crippen molar-refractivity contribution >= 4 is 11.9 Å². The van der Waals surface area contributed by atoms with Crippen molar-refractivity contribution in [2.45, 2.75) is 39.7 Å². The number of benzene rings is 1. The van der Waals surface area contributed by atoms with Gasteiger partial charge in [-0.1, -0.05) is 18.2 Å². The van der Waals surface area contributed by atoms with Crippen LogP contribution in [-0.4, -0.2) is 39.0 Å². The number of carboxylic acids is 1. The Kier molecular flexibility index (Phi) is 4.18. The second-order valence-corrected chi connectivity index (χ2v) is 6.40. The maximum atomic E-state index is 12.9. The number of amides is 1. The maximum Gasteiger partial charge on any atom is 0.326 e. The molecule has 1 aliphatic rings. The molecule has 1 fully saturated rings. The van der Waals surface area contributed by atoms with E-state index in [4.69, 9.17) is 0 Å². The average molecular weight is 326 g/mol. The lowest BCUT2D eigenvalue weighted by atomic mass is 10.1. The van der Waals surface area contributed by atoms with Crippen LogP contribution in [0.3, 0.4) is 0 Å². The number of aromatic nitrogens is 1. The third kappa shape index (κ3) is 2.60. The van der Waals surface area contributed by atoms with Crippen molar-refractivity contribution in [1.29, 1.82) is 0 Å². The van der Waals surface area contributed by atoms with Crippen LogP contribution >= 0.6 is 0 Å². The molecule has 0 aliphatic carbocycles. The summed E-state index contributed by atoms with van der Waals surface area (Å²) in [5, 5.41) is 9.32. The summed E-state index contributed by atoms with van der Waals surface area (Å²) < 4.78 is 2.06. The molecule has 1 aromatic heterocycles. The minimum atomic E-state index is -0.923. The minimum Gasteiger partial charge on any atom is -0.480 e. The first-order chi connectivity index (χ1) is 11.4. The van der Waals surface area contributed by atoms with Crippen LogP contribution in [0.5, 0.6) is 0 Å². The number of carbonyl (C=O) groups excluding carboxylic acids is 1. The molecule has 1 aliphatic heterocycles. The van der Waals surface area contributed by atoms with Crippen LogP contribution in [0, 0.1) is 20.8 Å². The zero-order valence-electron chi connectivity index (χ0n) is 14.2. The largest absolute Gasteiger partial charge is 0.480 e. The third-order valence-corrected chi connectivity index (χ3v) is 4.82. The number of nitrogens with zero attached hydrogens (tertiary/aromatic N) is 2. The summed E-state index contributed by atoms with van der Waals surface area (Å²) in [5.41, 5.74) is 4.58. The van der Waals surface area contributed by atoms with Crippen molar-refractivity contribution in [2.75, 3.05) is 6.54 Å². The van der Waals surface area contributed by atoms with Crippen LogP contribution in [0.15, 0.2) is 30.3 Å². The molecule has 2 heterocycles. The van der Waals surface area contributed by atoms with Crippen LogP contribution in [0.25, 0.3) is 5.69 Å². The summed E-state index contributed by atoms with van der Waals surface area (Å²) in [4.78, 5) is 25.8. The number of carbonyl (C=O) groups is 2. The highest BCUT2D eigenvalue weighted by Crippen LogP contribution is 2.27. The van der Waals surface area contributed by atoms with Crippen LogP contribution in [0.4, 0.5) is 0 Å². The fourth-order valence-electron chi connectivity index (χ4n) is 3.59. The van der Waals surface area contributed by atoms with Crippen molar-refractivity contribution in [1.82, 2.24) is 9.47 Å². The molecule has 1 saturated heterocycles. The summed E-state index contributed by atoms with van der Waals surface area (Å²) in [7, 11) is 0. The summed E-state index contributed by atoms with van der Waals surface area (Å²) in [5.74, 6) is -1.11. The van der Waals surface area contributed by atoms with Crippen molar-refractivity contribution in [3.05, 3.63) is 52.8 Å². The number of likely N-dealkylation sites (tertiary alicyclic amines) is 1. The molecule has 1 N–H and O–H groups in total. The monoisotopic (exact) mass is 326 g/mol. The number of aryl methyl sites for hydroxylation is 2. The van der Waals surface area contributed by atoms with Gasteiger partial charge in [0, 0.05) is 23.6 Å². The molecule has 5 heteroatoms. The summed E-state index contributed by atoms with van der Waals surface area (Å²) >= 11 is 0. The van der Waals surface area contributed by atoms with Crippen LogP contribution < -0.4 is 0 Å². The van der Waals surface area contributed by atoms with Gasteiger partial charge in [-0.25, -0.2) is 4.79 Å². The van der Waals surface area contributed by atoms with E-state index in [1.165, 1.54) is 4.90 Å². The summed E-state index contributed by atoms with van der Waals surface area (Å²) in [6.07, 6.45) is 1.26. The van der Waals surface area contributed by atoms with Gasteiger partial charge in [0.25, 0.3) is 5.91 Å². The fourth-order valence-corrected chi connectivity index (χ4v) is 3.59. The van der Waals surface area contributed by atoms with Gasteiger partial charge in [-0.15, -0.1) is 0 Å². The van der Waals surface area contributed by atoms with Gasteiger partial charge in [0.15, 0.2) is 0 Å². The van der Waals surface area contributed by atoms with E-state index in [0.29, 0.717) is 18.5 Å². The summed E-state index contributed by atoms with van der Waals surface area (Å²) in [6, 6.07) is 9.18. The van der Waals surface area contributed by atoms with E-state index < -0.39 is 12.0 Å². The number of hydrogen-bond acceptors (Lipinski definition) is 2. The van der Waals surface area contributed by atoms with Crippen molar-refractivity contribution in [3.63, 3.8) is 0 Å². The summed E-state index contributed by atoms with van der Waals surface area (Å²) in [6.45, 7) is 6.42. The highest BCUT2D eigenvalue weighted by Gasteiger charge is 2.35. The number of carboxylic acid groups (broad SMARTS) is 1. The molecule has 24 heavy (non-hydrogen) atoms. The van der Waals surface area contributed by atoms with E-state index in [2.05, 4.69) is 4.57 Å². The van der Waals surface area contributed by atoms with E-state index in [0.717, 1.165) is 29.1 Å². The minimum absolute atomic E-state index is 0.187. The average Bonchev–Trinajstić information content (AvgIpc) is 3.13. The molecule has 1 atom stereocenters. The van der Waals surface area contributed by atoms with E-state index in [-0.39, 0.29) is 5.91 Å². The number of para-hydroxylation sites is 1. The molecule has 3 rings (SSSR count). The van der Waals surface area contributed by atoms with E-state index in [1.54, 1.807) is 0 Å². The van der Waals surface area contributed by atoms with Gasteiger partial charge in [-0.2, -0.15) is 0 Å². The molecule has 2 aromatic rings. The lowest BCUT2D eigenvalue weighted by Gasteiger charge is -2.21. The molecule has 0 unspecified atom stereocenters. The van der Waals surface area contributed by atoms with Gasteiger partial charge in [0.2, 0.25) is 0 Å². The molecule has 5 nitrogen and oxygen atoms in total. The number of aliphatic carboxylic acids is 1. The highest BCUT2D eigenvalue weighted by molar-refractivity contribution is 5.98. The first-order valence-electron chi connectivity index (χ1n) is 8.20. The third-order valence-electron chi connectivity index (χ3n) is 4.82. The Morgan fingerprint density at radius 2 is 1.88 bits per heavy atom. The van der Waals surface area contributed by atoms with Crippen LogP contribution in [0.1, 0.15) is 40.2 Å². The predicted molar refractivity (Wildman–Crippen MR) is 91.7 cm³/mol. The lowest BCUT2D eigenvalue weighted by Crippen LogP contribution is -2.40. The molecule has 1 amide bonds. The van der Waals surface area contributed by atoms with Crippen molar-refractivity contribution in [2.24, 2.45) is 0 Å². The Balaban J connectivity index is 2.02. The van der Waals surface area contributed by atoms with E-state index >= 15 is 0 Å². The number of hydrogen-bond donors (Lipinski definition) is 1. The Labute approximate surface area is 141 Å². The van der Waals surface area contributed by atoms with Gasteiger partial charge in [-0.05, 0) is 51.3 Å². The molecule has 0 bridgehead atoms.